The van der Waals surface area contributed by atoms with Gasteiger partial charge < -0.3 is 5.11 Å². The maximum atomic E-state index is 11.1. The first kappa shape index (κ1) is 16.0. The number of nitro groups is 1. The number of thioether (sulfide) groups is 1. The monoisotopic (exact) mass is 323 g/mol. The molecule has 1 atom stereocenters. The third kappa shape index (κ3) is 4.06. The molecule has 112 valence electrons. The van der Waals surface area contributed by atoms with Crippen LogP contribution < -0.4 is 0 Å². The Bertz CT molecular complexity index is 645. The van der Waals surface area contributed by atoms with Gasteiger partial charge in [-0.1, -0.05) is 29.3 Å². The van der Waals surface area contributed by atoms with Gasteiger partial charge in [0.2, 0.25) is 0 Å². The molecule has 0 bridgehead atoms. The minimum atomic E-state index is -0.677. The van der Waals surface area contributed by atoms with Crippen molar-refractivity contribution in [3.63, 3.8) is 0 Å². The van der Waals surface area contributed by atoms with Crippen molar-refractivity contribution in [2.24, 2.45) is 0 Å². The second kappa shape index (κ2) is 6.60. The molecular weight excluding hydrogens is 306 g/mol. The van der Waals surface area contributed by atoms with Crippen molar-refractivity contribution in [2.45, 2.75) is 36.8 Å². The lowest BCUT2D eigenvalue weighted by molar-refractivity contribution is -0.387. The van der Waals surface area contributed by atoms with Crippen LogP contribution >= 0.6 is 23.1 Å². The van der Waals surface area contributed by atoms with Crippen LogP contribution in [0, 0.1) is 24.0 Å². The number of aryl methyl sites for hydroxylation is 2. The molecule has 0 fully saturated rings. The summed E-state index contributed by atoms with van der Waals surface area (Å²) in [6.07, 6.45) is -0.677. The summed E-state index contributed by atoms with van der Waals surface area (Å²) < 4.78 is 0.648. The van der Waals surface area contributed by atoms with Gasteiger partial charge in [0, 0.05) is 16.7 Å². The Morgan fingerprint density at radius 2 is 1.90 bits per heavy atom. The molecule has 1 aromatic carbocycles. The number of hydrogen-bond acceptors (Lipinski definition) is 5. The van der Waals surface area contributed by atoms with E-state index in [4.69, 9.17) is 0 Å². The van der Waals surface area contributed by atoms with Crippen molar-refractivity contribution in [1.29, 1.82) is 0 Å². The fraction of sp³-hybridized carbons (Fsp3) is 0.333. The maximum absolute atomic E-state index is 11.1. The Balaban J connectivity index is 2.20. The first-order valence-corrected chi connectivity index (χ1v) is 8.33. The molecule has 6 heteroatoms. The van der Waals surface area contributed by atoms with Gasteiger partial charge in [-0.2, -0.15) is 0 Å². The maximum Gasteiger partial charge on any atom is 0.294 e. The van der Waals surface area contributed by atoms with Gasteiger partial charge in [-0.25, -0.2) is 0 Å². The van der Waals surface area contributed by atoms with Crippen LogP contribution in [0.15, 0.2) is 28.5 Å². The standard InChI is InChI=1S/C15H17NO3S2/c1-9-4-10(2)6-12(5-9)8-20-15-13(16(18)19)7-14(21-15)11(3)17/h4-7,11,17H,8H2,1-3H3/t11-/m0/s1. The Labute approximate surface area is 132 Å². The van der Waals surface area contributed by atoms with Crippen LogP contribution in [0.1, 0.15) is 34.6 Å². The summed E-state index contributed by atoms with van der Waals surface area (Å²) in [6, 6.07) is 7.76. The normalized spacial score (nSPS) is 12.4. The largest absolute Gasteiger partial charge is 0.388 e. The SMILES string of the molecule is Cc1cc(C)cc(CSc2sc([C@H](C)O)cc2[N+](=O)[O-])c1. The zero-order chi connectivity index (χ0) is 15.6. The van der Waals surface area contributed by atoms with Gasteiger partial charge in [0.15, 0.2) is 0 Å². The number of hydrogen-bond donors (Lipinski definition) is 1. The number of thiophene rings is 1. The highest BCUT2D eigenvalue weighted by molar-refractivity contribution is 8.00. The summed E-state index contributed by atoms with van der Waals surface area (Å²) in [5.41, 5.74) is 3.62. The van der Waals surface area contributed by atoms with Gasteiger partial charge in [0.1, 0.15) is 4.21 Å². The van der Waals surface area contributed by atoms with Crippen molar-refractivity contribution in [2.75, 3.05) is 0 Å². The van der Waals surface area contributed by atoms with E-state index < -0.39 is 6.10 Å². The molecule has 0 amide bonds. The average Bonchev–Trinajstić information content (AvgIpc) is 2.79. The fourth-order valence-corrected chi connectivity index (χ4v) is 4.36. The van der Waals surface area contributed by atoms with E-state index in [1.165, 1.54) is 40.3 Å². The fourth-order valence-electron chi connectivity index (χ4n) is 2.12. The minimum absolute atomic E-state index is 0.0882. The molecule has 0 saturated heterocycles. The topological polar surface area (TPSA) is 63.4 Å². The van der Waals surface area contributed by atoms with Crippen LogP contribution in [0.4, 0.5) is 5.69 Å². The van der Waals surface area contributed by atoms with Crippen LogP contribution in [0.5, 0.6) is 0 Å². The number of benzene rings is 1. The first-order valence-electron chi connectivity index (χ1n) is 6.53. The lowest BCUT2D eigenvalue weighted by atomic mass is 10.1. The quantitative estimate of drug-likeness (QED) is 0.495. The highest BCUT2D eigenvalue weighted by Gasteiger charge is 2.21. The van der Waals surface area contributed by atoms with E-state index in [1.54, 1.807) is 6.92 Å². The molecule has 0 unspecified atom stereocenters. The summed E-state index contributed by atoms with van der Waals surface area (Å²) >= 11 is 2.74. The highest BCUT2D eigenvalue weighted by atomic mass is 32.2. The summed E-state index contributed by atoms with van der Waals surface area (Å²) in [7, 11) is 0. The van der Waals surface area contributed by atoms with Gasteiger partial charge in [0.05, 0.1) is 11.0 Å². The van der Waals surface area contributed by atoms with Crippen molar-refractivity contribution < 1.29 is 10.0 Å². The van der Waals surface area contributed by atoms with E-state index in [0.29, 0.717) is 14.8 Å². The molecule has 4 nitrogen and oxygen atoms in total. The summed E-state index contributed by atoms with van der Waals surface area (Å²) in [6.45, 7) is 5.70. The average molecular weight is 323 g/mol. The van der Waals surface area contributed by atoms with Crippen LogP contribution in [-0.2, 0) is 5.75 Å². The molecule has 0 spiro atoms. The predicted molar refractivity (Wildman–Crippen MR) is 87.1 cm³/mol. The molecule has 1 aromatic heterocycles. The van der Waals surface area contributed by atoms with Crippen molar-refractivity contribution in [1.82, 2.24) is 0 Å². The third-order valence-corrected chi connectivity index (χ3v) is 5.60. The molecule has 0 aliphatic carbocycles. The van der Waals surface area contributed by atoms with Crippen molar-refractivity contribution in [3.8, 4) is 0 Å². The van der Waals surface area contributed by atoms with E-state index in [1.807, 2.05) is 13.8 Å². The van der Waals surface area contributed by atoms with Gasteiger partial charge in [0.25, 0.3) is 5.69 Å². The Morgan fingerprint density at radius 1 is 1.29 bits per heavy atom. The number of aliphatic hydroxyl groups is 1. The zero-order valence-electron chi connectivity index (χ0n) is 12.1. The highest BCUT2D eigenvalue weighted by Crippen LogP contribution is 2.41. The second-order valence-electron chi connectivity index (χ2n) is 5.04. The third-order valence-electron chi connectivity index (χ3n) is 2.96. The van der Waals surface area contributed by atoms with E-state index >= 15 is 0 Å². The van der Waals surface area contributed by atoms with Crippen LogP contribution in [-0.4, -0.2) is 10.0 Å². The number of nitrogens with zero attached hydrogens (tertiary/aromatic N) is 1. The Kier molecular flexibility index (Phi) is 5.03. The molecule has 0 saturated carbocycles. The Hall–Kier alpha value is -1.37. The van der Waals surface area contributed by atoms with Gasteiger partial charge in [-0.15, -0.1) is 23.1 Å². The minimum Gasteiger partial charge on any atom is -0.388 e. The van der Waals surface area contributed by atoms with Gasteiger partial charge in [-0.05, 0) is 26.3 Å². The van der Waals surface area contributed by atoms with Crippen molar-refractivity contribution >= 4 is 28.8 Å². The predicted octanol–water partition coefficient (Wildman–Crippen LogP) is 4.62. The molecule has 21 heavy (non-hydrogen) atoms. The number of rotatable bonds is 5. The molecular formula is C15H17NO3S2. The first-order chi connectivity index (χ1) is 9.86. The smallest absolute Gasteiger partial charge is 0.294 e. The van der Waals surface area contributed by atoms with E-state index in [2.05, 4.69) is 18.2 Å². The van der Waals surface area contributed by atoms with E-state index in [-0.39, 0.29) is 10.6 Å². The molecule has 2 rings (SSSR count). The molecule has 0 radical (unpaired) electrons. The Morgan fingerprint density at radius 3 is 2.43 bits per heavy atom. The summed E-state index contributed by atoms with van der Waals surface area (Å²) in [4.78, 5) is 11.3. The molecule has 1 heterocycles. The molecule has 1 N–H and O–H groups in total. The zero-order valence-corrected chi connectivity index (χ0v) is 13.8. The lowest BCUT2D eigenvalue weighted by Crippen LogP contribution is -1.88. The molecule has 0 aliphatic heterocycles. The molecule has 2 aromatic rings. The number of aliphatic hydroxyl groups excluding tert-OH is 1. The van der Waals surface area contributed by atoms with E-state index in [0.717, 1.165) is 5.56 Å². The van der Waals surface area contributed by atoms with Gasteiger partial charge >= 0.3 is 0 Å². The molecule has 0 aliphatic rings. The summed E-state index contributed by atoms with van der Waals surface area (Å²) in [5, 5.41) is 20.7. The van der Waals surface area contributed by atoms with Gasteiger partial charge in [-0.3, -0.25) is 10.1 Å². The van der Waals surface area contributed by atoms with Crippen LogP contribution in [0.2, 0.25) is 0 Å². The van der Waals surface area contributed by atoms with Crippen LogP contribution in [0.25, 0.3) is 0 Å². The van der Waals surface area contributed by atoms with Crippen molar-refractivity contribution in [3.05, 3.63) is 55.9 Å². The lowest BCUT2D eigenvalue weighted by Gasteiger charge is -2.04. The summed E-state index contributed by atoms with van der Waals surface area (Å²) in [5.74, 6) is 0.684. The second-order valence-corrected chi connectivity index (χ2v) is 7.37. The van der Waals surface area contributed by atoms with E-state index in [9.17, 15) is 15.2 Å². The van der Waals surface area contributed by atoms with Crippen LogP contribution in [0.3, 0.4) is 0 Å².